The van der Waals surface area contributed by atoms with Crippen molar-refractivity contribution in [2.24, 2.45) is 5.73 Å². The van der Waals surface area contributed by atoms with Crippen LogP contribution in [0.2, 0.25) is 0 Å². The van der Waals surface area contributed by atoms with E-state index in [1.165, 1.54) is 24.1 Å². The van der Waals surface area contributed by atoms with Crippen molar-refractivity contribution in [2.45, 2.75) is 31.2 Å². The quantitative estimate of drug-likeness (QED) is 0.802. The highest BCUT2D eigenvalue weighted by Crippen LogP contribution is 2.40. The smallest absolute Gasteiger partial charge is 0.0430 e. The Morgan fingerprint density at radius 2 is 1.73 bits per heavy atom. The zero-order valence-electron chi connectivity index (χ0n) is 9.66. The molecule has 1 saturated carbocycles. The van der Waals surface area contributed by atoms with Gasteiger partial charge in [0.15, 0.2) is 0 Å². The zero-order valence-corrected chi connectivity index (χ0v) is 9.66. The van der Waals surface area contributed by atoms with Crippen LogP contribution in [0.5, 0.6) is 0 Å². The van der Waals surface area contributed by atoms with Gasteiger partial charge in [-0.25, -0.2) is 0 Å². The molecule has 2 nitrogen and oxygen atoms in total. The van der Waals surface area contributed by atoms with E-state index in [2.05, 4.69) is 43.3 Å². The van der Waals surface area contributed by atoms with Crippen LogP contribution in [0.4, 0.5) is 5.69 Å². The highest BCUT2D eigenvalue weighted by atomic mass is 15.1. The number of benzene rings is 1. The molecule has 2 N–H and O–H groups in total. The van der Waals surface area contributed by atoms with Crippen LogP contribution >= 0.6 is 0 Å². The Morgan fingerprint density at radius 3 is 2.33 bits per heavy atom. The normalized spacial score (nSPS) is 19.1. The SMILES string of the molecule is CN(C)c1ccccc1C1(N)CCCC1. The van der Waals surface area contributed by atoms with Gasteiger partial charge in [0, 0.05) is 25.3 Å². The number of nitrogens with zero attached hydrogens (tertiary/aromatic N) is 1. The fraction of sp³-hybridized carbons (Fsp3) is 0.538. The minimum atomic E-state index is -0.0825. The van der Waals surface area contributed by atoms with E-state index in [1.54, 1.807) is 0 Å². The third-order valence-corrected chi connectivity index (χ3v) is 3.42. The van der Waals surface area contributed by atoms with Crippen LogP contribution in [0.15, 0.2) is 24.3 Å². The molecule has 1 aliphatic carbocycles. The fourth-order valence-electron chi connectivity index (χ4n) is 2.56. The van der Waals surface area contributed by atoms with Gasteiger partial charge in [-0.05, 0) is 24.5 Å². The maximum Gasteiger partial charge on any atom is 0.0430 e. The van der Waals surface area contributed by atoms with E-state index < -0.39 is 0 Å². The molecule has 2 rings (SSSR count). The second-order valence-electron chi connectivity index (χ2n) is 4.77. The molecule has 0 aliphatic heterocycles. The lowest BCUT2D eigenvalue weighted by atomic mass is 9.88. The van der Waals surface area contributed by atoms with Gasteiger partial charge < -0.3 is 10.6 Å². The Kier molecular flexibility index (Phi) is 2.70. The van der Waals surface area contributed by atoms with Crippen LogP contribution in [0.25, 0.3) is 0 Å². The van der Waals surface area contributed by atoms with E-state index in [-0.39, 0.29) is 5.54 Å². The number of rotatable bonds is 2. The molecule has 0 spiro atoms. The summed E-state index contributed by atoms with van der Waals surface area (Å²) in [6, 6.07) is 8.51. The second kappa shape index (κ2) is 3.86. The van der Waals surface area contributed by atoms with Crippen LogP contribution in [-0.4, -0.2) is 14.1 Å². The summed E-state index contributed by atoms with van der Waals surface area (Å²) in [5, 5.41) is 0. The molecule has 1 aromatic carbocycles. The molecule has 82 valence electrons. The standard InChI is InChI=1S/C13H20N2/c1-15(2)12-8-4-3-7-11(12)13(14)9-5-6-10-13/h3-4,7-8H,5-6,9-10,14H2,1-2H3. The molecular formula is C13H20N2. The topological polar surface area (TPSA) is 29.3 Å². The van der Waals surface area contributed by atoms with Gasteiger partial charge in [-0.1, -0.05) is 31.0 Å². The Hall–Kier alpha value is -1.02. The zero-order chi connectivity index (χ0) is 10.9. The summed E-state index contributed by atoms with van der Waals surface area (Å²) in [5.41, 5.74) is 8.99. The molecule has 0 bridgehead atoms. The first-order chi connectivity index (χ1) is 7.13. The maximum absolute atomic E-state index is 6.49. The first-order valence-electron chi connectivity index (χ1n) is 5.69. The molecule has 1 fully saturated rings. The Bertz CT molecular complexity index is 338. The average Bonchev–Trinajstić information content (AvgIpc) is 2.66. The average molecular weight is 204 g/mol. The van der Waals surface area contributed by atoms with Gasteiger partial charge in [-0.3, -0.25) is 0 Å². The summed E-state index contributed by atoms with van der Waals surface area (Å²) in [6.07, 6.45) is 4.77. The van der Waals surface area contributed by atoms with E-state index in [0.29, 0.717) is 0 Å². The summed E-state index contributed by atoms with van der Waals surface area (Å²) in [4.78, 5) is 2.16. The van der Waals surface area contributed by atoms with E-state index in [9.17, 15) is 0 Å². The number of hydrogen-bond donors (Lipinski definition) is 1. The van der Waals surface area contributed by atoms with Gasteiger partial charge in [0.25, 0.3) is 0 Å². The lowest BCUT2D eigenvalue weighted by Gasteiger charge is -2.29. The van der Waals surface area contributed by atoms with Gasteiger partial charge >= 0.3 is 0 Å². The van der Waals surface area contributed by atoms with Crippen molar-refractivity contribution in [3.8, 4) is 0 Å². The predicted molar refractivity (Wildman–Crippen MR) is 65.1 cm³/mol. The van der Waals surface area contributed by atoms with E-state index in [4.69, 9.17) is 5.73 Å². The minimum absolute atomic E-state index is 0.0825. The van der Waals surface area contributed by atoms with Crippen LogP contribution in [-0.2, 0) is 5.54 Å². The van der Waals surface area contributed by atoms with Crippen molar-refractivity contribution in [3.63, 3.8) is 0 Å². The first-order valence-corrected chi connectivity index (χ1v) is 5.69. The molecule has 0 aromatic heterocycles. The largest absolute Gasteiger partial charge is 0.377 e. The summed E-state index contributed by atoms with van der Waals surface area (Å²) < 4.78 is 0. The molecule has 1 aromatic rings. The Morgan fingerprint density at radius 1 is 1.13 bits per heavy atom. The number of hydrogen-bond acceptors (Lipinski definition) is 2. The van der Waals surface area contributed by atoms with E-state index >= 15 is 0 Å². The third-order valence-electron chi connectivity index (χ3n) is 3.42. The van der Waals surface area contributed by atoms with Crippen LogP contribution < -0.4 is 10.6 Å². The number of anilines is 1. The van der Waals surface area contributed by atoms with Crippen LogP contribution in [0.3, 0.4) is 0 Å². The lowest BCUT2D eigenvalue weighted by molar-refractivity contribution is 0.462. The lowest BCUT2D eigenvalue weighted by Crippen LogP contribution is -2.34. The Labute approximate surface area is 92.1 Å². The monoisotopic (exact) mass is 204 g/mol. The molecule has 0 unspecified atom stereocenters. The number of nitrogens with two attached hydrogens (primary N) is 1. The molecule has 0 amide bonds. The molecule has 0 saturated heterocycles. The van der Waals surface area contributed by atoms with E-state index in [0.717, 1.165) is 12.8 Å². The van der Waals surface area contributed by atoms with Gasteiger partial charge in [-0.2, -0.15) is 0 Å². The summed E-state index contributed by atoms with van der Waals surface area (Å²) >= 11 is 0. The minimum Gasteiger partial charge on any atom is -0.377 e. The van der Waals surface area contributed by atoms with Crippen molar-refractivity contribution < 1.29 is 0 Å². The predicted octanol–water partition coefficient (Wildman–Crippen LogP) is 2.48. The summed E-state index contributed by atoms with van der Waals surface area (Å²) in [5.74, 6) is 0. The number of para-hydroxylation sites is 1. The van der Waals surface area contributed by atoms with Crippen molar-refractivity contribution in [3.05, 3.63) is 29.8 Å². The highest BCUT2D eigenvalue weighted by molar-refractivity contribution is 5.55. The van der Waals surface area contributed by atoms with Crippen molar-refractivity contribution in [1.82, 2.24) is 0 Å². The van der Waals surface area contributed by atoms with Gasteiger partial charge in [-0.15, -0.1) is 0 Å². The van der Waals surface area contributed by atoms with Crippen molar-refractivity contribution in [1.29, 1.82) is 0 Å². The van der Waals surface area contributed by atoms with Gasteiger partial charge in [0.2, 0.25) is 0 Å². The third kappa shape index (κ3) is 1.86. The van der Waals surface area contributed by atoms with Crippen molar-refractivity contribution in [2.75, 3.05) is 19.0 Å². The molecule has 0 atom stereocenters. The van der Waals surface area contributed by atoms with Crippen LogP contribution in [0.1, 0.15) is 31.2 Å². The van der Waals surface area contributed by atoms with Gasteiger partial charge in [0.1, 0.15) is 0 Å². The first kappa shape index (κ1) is 10.5. The molecule has 15 heavy (non-hydrogen) atoms. The highest BCUT2D eigenvalue weighted by Gasteiger charge is 2.33. The van der Waals surface area contributed by atoms with Crippen LogP contribution in [0, 0.1) is 0 Å². The second-order valence-corrected chi connectivity index (χ2v) is 4.77. The fourth-order valence-corrected chi connectivity index (χ4v) is 2.56. The summed E-state index contributed by atoms with van der Waals surface area (Å²) in [7, 11) is 4.16. The molecule has 0 radical (unpaired) electrons. The summed E-state index contributed by atoms with van der Waals surface area (Å²) in [6.45, 7) is 0. The maximum atomic E-state index is 6.49. The van der Waals surface area contributed by atoms with Crippen molar-refractivity contribution >= 4 is 5.69 Å². The van der Waals surface area contributed by atoms with Gasteiger partial charge in [0.05, 0.1) is 0 Å². The molecule has 0 heterocycles. The molecule has 1 aliphatic rings. The molecule has 2 heteroatoms. The molecular weight excluding hydrogens is 184 g/mol. The Balaban J connectivity index is 2.42. The van der Waals surface area contributed by atoms with E-state index in [1.807, 2.05) is 0 Å².